The first-order valence-electron chi connectivity index (χ1n) is 4.53. The van der Waals surface area contributed by atoms with Gasteiger partial charge in [0.15, 0.2) is 0 Å². The molecule has 0 saturated heterocycles. The van der Waals surface area contributed by atoms with E-state index in [-0.39, 0.29) is 11.2 Å². The molecule has 0 radical (unpaired) electrons. The van der Waals surface area contributed by atoms with E-state index in [1.54, 1.807) is 0 Å². The zero-order valence-corrected chi connectivity index (χ0v) is 10.4. The summed E-state index contributed by atoms with van der Waals surface area (Å²) in [5.41, 5.74) is 0.0363. The first-order chi connectivity index (χ1) is 6.18. The molecule has 80 valence electrons. The van der Waals surface area contributed by atoms with Gasteiger partial charge in [-0.15, -0.1) is 23.2 Å². The summed E-state index contributed by atoms with van der Waals surface area (Å²) in [4.78, 5) is 0. The van der Waals surface area contributed by atoms with Crippen molar-refractivity contribution in [2.45, 2.75) is 32.6 Å². The molecule has 0 rings (SSSR count). The van der Waals surface area contributed by atoms with Crippen molar-refractivity contribution in [2.75, 3.05) is 17.8 Å². The molecule has 0 saturated carbocycles. The van der Waals surface area contributed by atoms with Gasteiger partial charge < -0.3 is 4.52 Å². The Morgan fingerprint density at radius 1 is 1.15 bits per heavy atom. The number of halogens is 2. The molecule has 5 heteroatoms. The third-order valence-corrected chi connectivity index (χ3v) is 5.26. The van der Waals surface area contributed by atoms with Crippen molar-refractivity contribution in [3.05, 3.63) is 0 Å². The van der Waals surface area contributed by atoms with E-state index in [1.165, 1.54) is 12.8 Å². The average Bonchev–Trinajstić information content (AvgIpc) is 2.17. The number of hydrogen-bond donors (Lipinski definition) is 0. The largest absolute Gasteiger partial charge is 0.327 e. The molecule has 0 aliphatic carbocycles. The molecule has 0 atom stereocenters. The molecule has 0 aromatic rings. The van der Waals surface area contributed by atoms with Gasteiger partial charge in [0.2, 0.25) is 7.37 Å². The maximum atomic E-state index is 11.5. The summed E-state index contributed by atoms with van der Waals surface area (Å²) in [6, 6.07) is 0. The molecule has 0 unspecified atom stereocenters. The van der Waals surface area contributed by atoms with Crippen molar-refractivity contribution < 1.29 is 9.09 Å². The van der Waals surface area contributed by atoms with E-state index >= 15 is 0 Å². The van der Waals surface area contributed by atoms with Crippen molar-refractivity contribution in [2.24, 2.45) is 0 Å². The van der Waals surface area contributed by atoms with Crippen molar-refractivity contribution in [1.29, 1.82) is 0 Å². The van der Waals surface area contributed by atoms with Crippen LogP contribution < -0.4 is 0 Å². The number of alkyl halides is 2. The molecule has 13 heavy (non-hydrogen) atoms. The quantitative estimate of drug-likeness (QED) is 0.364. The van der Waals surface area contributed by atoms with Gasteiger partial charge in [-0.05, 0) is 6.42 Å². The van der Waals surface area contributed by atoms with Gasteiger partial charge in [-0.25, -0.2) is 0 Å². The molecule has 0 amide bonds. The van der Waals surface area contributed by atoms with Crippen LogP contribution in [0.5, 0.6) is 0 Å². The summed E-state index contributed by atoms with van der Waals surface area (Å²) >= 11 is 11.0. The first-order valence-corrected chi connectivity index (χ1v) is 7.59. The number of unbranched alkanes of at least 4 members (excludes halogenated alkanes) is 3. The normalized spacial score (nSPS) is 11.9. The summed E-state index contributed by atoms with van der Waals surface area (Å²) in [6.07, 6.45) is 4.42. The monoisotopic (exact) mass is 246 g/mol. The Kier molecular flexibility index (Phi) is 8.59. The summed E-state index contributed by atoms with van der Waals surface area (Å²) in [6.45, 7) is 2.65. The lowest BCUT2D eigenvalue weighted by Gasteiger charge is -2.12. The Morgan fingerprint density at radius 3 is 2.23 bits per heavy atom. The number of rotatable bonds is 8. The molecule has 0 aliphatic rings. The van der Waals surface area contributed by atoms with Gasteiger partial charge in [-0.3, -0.25) is 4.57 Å². The third kappa shape index (κ3) is 6.79. The molecule has 0 spiro atoms. The highest BCUT2D eigenvalue weighted by atomic mass is 35.5. The molecule has 0 heterocycles. The lowest BCUT2D eigenvalue weighted by molar-refractivity contribution is 0.307. The molecular formula is C8H17Cl2O2P. The van der Waals surface area contributed by atoms with Crippen molar-refractivity contribution >= 4 is 30.6 Å². The Hall–Kier alpha value is 0.770. The smallest absolute Gasteiger partial charge is 0.231 e. The molecule has 0 fully saturated rings. The van der Waals surface area contributed by atoms with Crippen LogP contribution in [0.15, 0.2) is 0 Å². The molecular weight excluding hydrogens is 230 g/mol. The van der Waals surface area contributed by atoms with Crippen LogP contribution in [0.2, 0.25) is 0 Å². The van der Waals surface area contributed by atoms with Gasteiger partial charge in [0, 0.05) is 0 Å². The summed E-state index contributed by atoms with van der Waals surface area (Å²) in [5, 5.41) is 0. The van der Waals surface area contributed by atoms with E-state index in [9.17, 15) is 4.57 Å². The van der Waals surface area contributed by atoms with E-state index in [4.69, 9.17) is 27.7 Å². The molecule has 0 bridgehead atoms. The van der Waals surface area contributed by atoms with Crippen LogP contribution in [-0.2, 0) is 9.09 Å². The first kappa shape index (κ1) is 13.8. The standard InChI is InChI=1S/C8H17Cl2O2P/c1-2-3-4-5-6-12-13(11,7-9)8-10/h2-8H2,1H3. The zero-order chi connectivity index (χ0) is 10.2. The highest BCUT2D eigenvalue weighted by Gasteiger charge is 2.19. The van der Waals surface area contributed by atoms with E-state index in [2.05, 4.69) is 6.92 Å². The molecule has 2 nitrogen and oxygen atoms in total. The van der Waals surface area contributed by atoms with Crippen molar-refractivity contribution in [3.63, 3.8) is 0 Å². The summed E-state index contributed by atoms with van der Waals surface area (Å²) < 4.78 is 16.7. The molecule has 0 aromatic heterocycles. The van der Waals surface area contributed by atoms with Gasteiger partial charge >= 0.3 is 0 Å². The number of hydrogen-bond acceptors (Lipinski definition) is 2. The van der Waals surface area contributed by atoms with Crippen LogP contribution in [0.3, 0.4) is 0 Å². The lowest BCUT2D eigenvalue weighted by atomic mass is 10.2. The van der Waals surface area contributed by atoms with Crippen LogP contribution in [0.1, 0.15) is 32.6 Å². The van der Waals surface area contributed by atoms with Crippen LogP contribution in [-0.4, -0.2) is 17.8 Å². The lowest BCUT2D eigenvalue weighted by Crippen LogP contribution is -1.95. The Labute approximate surface area is 90.4 Å². The molecule has 0 aromatic carbocycles. The van der Waals surface area contributed by atoms with Gasteiger partial charge in [-0.2, -0.15) is 0 Å². The maximum Gasteiger partial charge on any atom is 0.231 e. The minimum atomic E-state index is -2.70. The average molecular weight is 247 g/mol. The SMILES string of the molecule is CCCCCCOP(=O)(CCl)CCl. The minimum absolute atomic E-state index is 0.0181. The van der Waals surface area contributed by atoms with E-state index in [0.29, 0.717) is 6.61 Å². The van der Waals surface area contributed by atoms with Crippen LogP contribution in [0.4, 0.5) is 0 Å². The predicted octanol–water partition coefficient (Wildman–Crippen LogP) is 4.25. The van der Waals surface area contributed by atoms with Crippen molar-refractivity contribution in [1.82, 2.24) is 0 Å². The van der Waals surface area contributed by atoms with Gasteiger partial charge in [0.1, 0.15) is 11.2 Å². The second kappa shape index (κ2) is 8.11. The fourth-order valence-electron chi connectivity index (χ4n) is 0.861. The highest BCUT2D eigenvalue weighted by molar-refractivity contribution is 7.62. The Balaban J connectivity index is 3.45. The van der Waals surface area contributed by atoms with Gasteiger partial charge in [0.25, 0.3) is 0 Å². The summed E-state index contributed by atoms with van der Waals surface area (Å²) in [7, 11) is -2.70. The highest BCUT2D eigenvalue weighted by Crippen LogP contribution is 2.48. The maximum absolute atomic E-state index is 11.5. The summed E-state index contributed by atoms with van der Waals surface area (Å²) in [5.74, 6) is 0. The van der Waals surface area contributed by atoms with Crippen LogP contribution >= 0.6 is 30.6 Å². The van der Waals surface area contributed by atoms with Crippen molar-refractivity contribution in [3.8, 4) is 0 Å². The second-order valence-corrected chi connectivity index (χ2v) is 6.75. The van der Waals surface area contributed by atoms with Gasteiger partial charge in [-0.1, -0.05) is 26.2 Å². The van der Waals surface area contributed by atoms with E-state index in [0.717, 1.165) is 12.8 Å². The molecule has 0 aliphatic heterocycles. The molecule has 0 N–H and O–H groups in total. The Morgan fingerprint density at radius 2 is 1.77 bits per heavy atom. The third-order valence-electron chi connectivity index (χ3n) is 1.69. The Bertz CT molecular complexity index is 156. The van der Waals surface area contributed by atoms with Crippen LogP contribution in [0.25, 0.3) is 0 Å². The topological polar surface area (TPSA) is 26.3 Å². The second-order valence-electron chi connectivity index (χ2n) is 2.95. The minimum Gasteiger partial charge on any atom is -0.327 e. The van der Waals surface area contributed by atoms with E-state index in [1.807, 2.05) is 0 Å². The predicted molar refractivity (Wildman–Crippen MR) is 59.1 cm³/mol. The van der Waals surface area contributed by atoms with E-state index < -0.39 is 7.37 Å². The zero-order valence-electron chi connectivity index (χ0n) is 7.97. The fraction of sp³-hybridized carbons (Fsp3) is 1.00. The van der Waals surface area contributed by atoms with Crippen LogP contribution in [0, 0.1) is 0 Å². The van der Waals surface area contributed by atoms with Gasteiger partial charge in [0.05, 0.1) is 6.61 Å². The fourth-order valence-corrected chi connectivity index (χ4v) is 2.71.